The molecule has 0 spiro atoms. The highest BCUT2D eigenvalue weighted by Gasteiger charge is 2.31. The first kappa shape index (κ1) is 16.2. The Morgan fingerprint density at radius 3 is 2.50 bits per heavy atom. The Balaban J connectivity index is 2.03. The molecular formula is C20H22N2O2. The second-order valence-electron chi connectivity index (χ2n) is 6.27. The Hall–Kier alpha value is -2.62. The van der Waals surface area contributed by atoms with E-state index in [-0.39, 0.29) is 17.7 Å². The van der Waals surface area contributed by atoms with Crippen LogP contribution in [-0.2, 0) is 9.59 Å². The van der Waals surface area contributed by atoms with E-state index >= 15 is 0 Å². The summed E-state index contributed by atoms with van der Waals surface area (Å²) in [5.74, 6) is -0.193. The SMILES string of the molecule is Cc1cccc2c1N(C(=O)[C@@H](C)c1ccccc1)CCC(=O)N2C. The minimum Gasteiger partial charge on any atom is -0.313 e. The summed E-state index contributed by atoms with van der Waals surface area (Å²) < 4.78 is 0. The minimum atomic E-state index is -0.253. The third-order valence-electron chi connectivity index (χ3n) is 4.71. The zero-order chi connectivity index (χ0) is 17.3. The van der Waals surface area contributed by atoms with Gasteiger partial charge in [0, 0.05) is 20.0 Å². The summed E-state index contributed by atoms with van der Waals surface area (Å²) in [6.45, 7) is 4.32. The molecule has 4 heteroatoms. The van der Waals surface area contributed by atoms with Crippen molar-refractivity contribution < 1.29 is 9.59 Å². The summed E-state index contributed by atoms with van der Waals surface area (Å²) in [5.41, 5.74) is 3.63. The van der Waals surface area contributed by atoms with Gasteiger partial charge in [0.15, 0.2) is 0 Å². The topological polar surface area (TPSA) is 40.6 Å². The van der Waals surface area contributed by atoms with Crippen LogP contribution in [0.5, 0.6) is 0 Å². The Morgan fingerprint density at radius 2 is 1.79 bits per heavy atom. The van der Waals surface area contributed by atoms with Gasteiger partial charge in [0.2, 0.25) is 11.8 Å². The highest BCUT2D eigenvalue weighted by molar-refractivity contribution is 6.07. The molecule has 1 heterocycles. The molecular weight excluding hydrogens is 300 g/mol. The average molecular weight is 322 g/mol. The third kappa shape index (κ3) is 2.80. The van der Waals surface area contributed by atoms with Gasteiger partial charge in [0.1, 0.15) is 0 Å². The monoisotopic (exact) mass is 322 g/mol. The van der Waals surface area contributed by atoms with Crippen molar-refractivity contribution in [3.63, 3.8) is 0 Å². The predicted octanol–water partition coefficient (Wildman–Crippen LogP) is 3.50. The number of benzene rings is 2. The first-order chi connectivity index (χ1) is 11.5. The number of hydrogen-bond donors (Lipinski definition) is 0. The van der Waals surface area contributed by atoms with Crippen LogP contribution in [0.4, 0.5) is 11.4 Å². The first-order valence-electron chi connectivity index (χ1n) is 8.23. The molecule has 2 amide bonds. The molecule has 0 saturated carbocycles. The van der Waals surface area contributed by atoms with Crippen molar-refractivity contribution in [1.82, 2.24) is 0 Å². The molecule has 0 saturated heterocycles. The van der Waals surface area contributed by atoms with E-state index in [9.17, 15) is 9.59 Å². The van der Waals surface area contributed by atoms with Crippen LogP contribution in [0.1, 0.15) is 30.4 Å². The Bertz CT molecular complexity index is 770. The van der Waals surface area contributed by atoms with E-state index in [0.717, 1.165) is 22.5 Å². The molecule has 4 nitrogen and oxygen atoms in total. The summed E-state index contributed by atoms with van der Waals surface area (Å²) in [7, 11) is 1.77. The fraction of sp³-hybridized carbons (Fsp3) is 0.300. The Morgan fingerprint density at radius 1 is 1.08 bits per heavy atom. The van der Waals surface area contributed by atoms with Crippen molar-refractivity contribution in [3.8, 4) is 0 Å². The van der Waals surface area contributed by atoms with Gasteiger partial charge in [-0.25, -0.2) is 0 Å². The largest absolute Gasteiger partial charge is 0.313 e. The summed E-state index contributed by atoms with van der Waals surface area (Å²) in [4.78, 5) is 28.9. The molecule has 2 aromatic rings. The third-order valence-corrected chi connectivity index (χ3v) is 4.71. The van der Waals surface area contributed by atoms with E-state index in [1.54, 1.807) is 16.8 Å². The van der Waals surface area contributed by atoms with Crippen LogP contribution in [0, 0.1) is 6.92 Å². The second-order valence-corrected chi connectivity index (χ2v) is 6.27. The number of fused-ring (bicyclic) bond motifs is 1. The first-order valence-corrected chi connectivity index (χ1v) is 8.23. The fourth-order valence-corrected chi connectivity index (χ4v) is 3.23. The van der Waals surface area contributed by atoms with Crippen LogP contribution in [0.3, 0.4) is 0 Å². The van der Waals surface area contributed by atoms with Gasteiger partial charge in [-0.2, -0.15) is 0 Å². The van der Waals surface area contributed by atoms with Crippen molar-refractivity contribution >= 4 is 23.2 Å². The molecule has 2 aromatic carbocycles. The number of aryl methyl sites for hydroxylation is 1. The molecule has 1 aliphatic rings. The van der Waals surface area contributed by atoms with E-state index in [1.807, 2.05) is 62.4 Å². The maximum absolute atomic E-state index is 13.2. The molecule has 3 rings (SSSR count). The fourth-order valence-electron chi connectivity index (χ4n) is 3.23. The molecule has 0 unspecified atom stereocenters. The van der Waals surface area contributed by atoms with E-state index in [0.29, 0.717) is 13.0 Å². The lowest BCUT2D eigenvalue weighted by Crippen LogP contribution is -2.35. The van der Waals surface area contributed by atoms with Crippen LogP contribution in [-0.4, -0.2) is 25.4 Å². The highest BCUT2D eigenvalue weighted by Crippen LogP contribution is 2.36. The maximum atomic E-state index is 13.2. The van der Waals surface area contributed by atoms with Crippen molar-refractivity contribution in [2.24, 2.45) is 0 Å². The summed E-state index contributed by atoms with van der Waals surface area (Å²) in [6, 6.07) is 15.6. The van der Waals surface area contributed by atoms with E-state index in [1.165, 1.54) is 0 Å². The zero-order valence-corrected chi connectivity index (χ0v) is 14.3. The smallest absolute Gasteiger partial charge is 0.234 e. The number of amides is 2. The number of rotatable bonds is 2. The van der Waals surface area contributed by atoms with Crippen LogP contribution < -0.4 is 9.80 Å². The van der Waals surface area contributed by atoms with Crippen molar-refractivity contribution in [2.75, 3.05) is 23.4 Å². The Kier molecular flexibility index (Phi) is 4.38. The van der Waals surface area contributed by atoms with Gasteiger partial charge in [0.05, 0.1) is 17.3 Å². The lowest BCUT2D eigenvalue weighted by molar-refractivity contribution is -0.119. The summed E-state index contributed by atoms with van der Waals surface area (Å²) in [5, 5.41) is 0. The number of carbonyl (C=O) groups excluding carboxylic acids is 2. The molecule has 1 aliphatic heterocycles. The molecule has 0 radical (unpaired) electrons. The van der Waals surface area contributed by atoms with Gasteiger partial charge in [-0.1, -0.05) is 42.5 Å². The lowest BCUT2D eigenvalue weighted by atomic mass is 9.99. The summed E-state index contributed by atoms with van der Waals surface area (Å²) >= 11 is 0. The zero-order valence-electron chi connectivity index (χ0n) is 14.3. The minimum absolute atomic E-state index is 0.0276. The Labute approximate surface area is 142 Å². The second kappa shape index (κ2) is 6.48. The van der Waals surface area contributed by atoms with Gasteiger partial charge in [-0.05, 0) is 31.0 Å². The average Bonchev–Trinajstić information content (AvgIpc) is 2.73. The summed E-state index contributed by atoms with van der Waals surface area (Å²) in [6.07, 6.45) is 0.331. The van der Waals surface area contributed by atoms with Gasteiger partial charge < -0.3 is 9.80 Å². The molecule has 0 N–H and O–H groups in total. The van der Waals surface area contributed by atoms with Crippen LogP contribution in [0.15, 0.2) is 48.5 Å². The van der Waals surface area contributed by atoms with Crippen LogP contribution in [0.2, 0.25) is 0 Å². The van der Waals surface area contributed by atoms with Crippen molar-refractivity contribution in [3.05, 3.63) is 59.7 Å². The van der Waals surface area contributed by atoms with Gasteiger partial charge in [0.25, 0.3) is 0 Å². The highest BCUT2D eigenvalue weighted by atomic mass is 16.2. The molecule has 0 aliphatic carbocycles. The van der Waals surface area contributed by atoms with Crippen molar-refractivity contribution in [2.45, 2.75) is 26.2 Å². The molecule has 24 heavy (non-hydrogen) atoms. The predicted molar refractivity (Wildman–Crippen MR) is 96.4 cm³/mol. The van der Waals surface area contributed by atoms with Crippen LogP contribution in [0.25, 0.3) is 0 Å². The standard InChI is InChI=1S/C20H22N2O2/c1-14-8-7-11-17-19(14)22(13-12-18(23)21(17)3)20(24)15(2)16-9-5-4-6-10-16/h4-11,15H,12-13H2,1-3H3/t15-/m0/s1. The normalized spacial score (nSPS) is 15.7. The van der Waals surface area contributed by atoms with E-state index in [4.69, 9.17) is 0 Å². The number of nitrogens with zero attached hydrogens (tertiary/aromatic N) is 2. The van der Waals surface area contributed by atoms with Gasteiger partial charge >= 0.3 is 0 Å². The molecule has 0 aromatic heterocycles. The quantitative estimate of drug-likeness (QED) is 0.849. The molecule has 1 atom stereocenters. The van der Waals surface area contributed by atoms with E-state index < -0.39 is 0 Å². The van der Waals surface area contributed by atoms with Crippen LogP contribution >= 0.6 is 0 Å². The van der Waals surface area contributed by atoms with Crippen molar-refractivity contribution in [1.29, 1.82) is 0 Å². The van der Waals surface area contributed by atoms with Gasteiger partial charge in [-0.3, -0.25) is 9.59 Å². The number of hydrogen-bond acceptors (Lipinski definition) is 2. The molecule has 0 bridgehead atoms. The van der Waals surface area contributed by atoms with E-state index in [2.05, 4.69) is 0 Å². The number of carbonyl (C=O) groups is 2. The lowest BCUT2D eigenvalue weighted by Gasteiger charge is -2.28. The van der Waals surface area contributed by atoms with Gasteiger partial charge in [-0.15, -0.1) is 0 Å². The number of para-hydroxylation sites is 1. The maximum Gasteiger partial charge on any atom is 0.234 e. The molecule has 124 valence electrons. The molecule has 0 fully saturated rings. The number of anilines is 2.